The molecule has 0 aromatic heterocycles. The number of ether oxygens (including phenoxy) is 4. The third kappa shape index (κ3) is 6.57. The Labute approximate surface area is 228 Å². The SMILES string of the molecule is COCCCN1CCOc2ccc(CO[C@H]3CNC[C@@H](O)[C@@H]3c3ccc(Oc4ccc(O)c(O)c4)cc3)cc21. The van der Waals surface area contributed by atoms with Gasteiger partial charge in [-0.05, 0) is 53.9 Å². The lowest BCUT2D eigenvalue weighted by Crippen LogP contribution is -2.49. The molecule has 2 aliphatic rings. The van der Waals surface area contributed by atoms with E-state index >= 15 is 0 Å². The van der Waals surface area contributed by atoms with Crippen LogP contribution in [0.3, 0.4) is 0 Å². The normalized spacial score (nSPS) is 20.8. The molecule has 0 amide bonds. The van der Waals surface area contributed by atoms with Crippen LogP contribution in [0.2, 0.25) is 0 Å². The van der Waals surface area contributed by atoms with Crippen LogP contribution >= 0.6 is 0 Å². The predicted molar refractivity (Wildman–Crippen MR) is 147 cm³/mol. The largest absolute Gasteiger partial charge is 0.504 e. The number of aliphatic hydroxyl groups excluding tert-OH is 1. The first-order valence-electron chi connectivity index (χ1n) is 13.3. The molecule has 0 aliphatic carbocycles. The maximum atomic E-state index is 10.9. The topological polar surface area (TPSA) is 113 Å². The summed E-state index contributed by atoms with van der Waals surface area (Å²) in [5, 5.41) is 33.4. The second-order valence-corrected chi connectivity index (χ2v) is 9.91. The smallest absolute Gasteiger partial charge is 0.161 e. The van der Waals surface area contributed by atoms with Crippen LogP contribution in [0.25, 0.3) is 0 Å². The van der Waals surface area contributed by atoms with Gasteiger partial charge in [-0.25, -0.2) is 0 Å². The number of aliphatic hydroxyl groups is 1. The zero-order valence-electron chi connectivity index (χ0n) is 22.1. The van der Waals surface area contributed by atoms with Crippen LogP contribution in [-0.2, 0) is 16.1 Å². The van der Waals surface area contributed by atoms with E-state index in [1.165, 1.54) is 12.1 Å². The highest BCUT2D eigenvalue weighted by molar-refractivity contribution is 5.61. The number of benzene rings is 3. The van der Waals surface area contributed by atoms with E-state index in [4.69, 9.17) is 18.9 Å². The van der Waals surface area contributed by atoms with Gasteiger partial charge in [0.25, 0.3) is 0 Å². The fraction of sp³-hybridized carbons (Fsp3) is 0.400. The van der Waals surface area contributed by atoms with Crippen molar-refractivity contribution in [1.82, 2.24) is 5.32 Å². The minimum atomic E-state index is -0.599. The molecule has 0 unspecified atom stereocenters. The third-order valence-electron chi connectivity index (χ3n) is 7.19. The maximum Gasteiger partial charge on any atom is 0.161 e. The number of hydrogen-bond donors (Lipinski definition) is 4. The molecular formula is C30H36N2O7. The van der Waals surface area contributed by atoms with Crippen molar-refractivity contribution >= 4 is 5.69 Å². The molecular weight excluding hydrogens is 500 g/mol. The molecule has 0 bridgehead atoms. The number of fused-ring (bicyclic) bond motifs is 1. The Kier molecular flexibility index (Phi) is 8.73. The number of rotatable bonds is 10. The van der Waals surface area contributed by atoms with Gasteiger partial charge in [-0.1, -0.05) is 18.2 Å². The van der Waals surface area contributed by atoms with Crippen LogP contribution in [-0.4, -0.2) is 74.0 Å². The molecule has 1 fully saturated rings. The number of hydrogen-bond acceptors (Lipinski definition) is 9. The summed E-state index contributed by atoms with van der Waals surface area (Å²) in [5.74, 6) is 1.23. The molecule has 2 heterocycles. The number of aromatic hydroxyl groups is 2. The zero-order valence-corrected chi connectivity index (χ0v) is 22.1. The minimum Gasteiger partial charge on any atom is -0.504 e. The number of phenols is 2. The quantitative estimate of drug-likeness (QED) is 0.227. The van der Waals surface area contributed by atoms with Gasteiger partial charge in [0.1, 0.15) is 23.9 Å². The fourth-order valence-corrected chi connectivity index (χ4v) is 5.18. The maximum absolute atomic E-state index is 10.9. The van der Waals surface area contributed by atoms with Crippen LogP contribution in [0.15, 0.2) is 60.7 Å². The van der Waals surface area contributed by atoms with Crippen molar-refractivity contribution in [3.63, 3.8) is 0 Å². The first-order valence-corrected chi connectivity index (χ1v) is 13.3. The van der Waals surface area contributed by atoms with Gasteiger partial charge in [-0.2, -0.15) is 0 Å². The average Bonchev–Trinajstić information content (AvgIpc) is 2.95. The van der Waals surface area contributed by atoms with E-state index in [0.29, 0.717) is 37.8 Å². The molecule has 0 spiro atoms. The van der Waals surface area contributed by atoms with Gasteiger partial charge in [0.2, 0.25) is 0 Å². The second kappa shape index (κ2) is 12.6. The van der Waals surface area contributed by atoms with Crippen LogP contribution in [0, 0.1) is 0 Å². The summed E-state index contributed by atoms with van der Waals surface area (Å²) >= 11 is 0. The van der Waals surface area contributed by atoms with Crippen LogP contribution in [0.4, 0.5) is 5.69 Å². The Bertz CT molecular complexity index is 1240. The highest BCUT2D eigenvalue weighted by atomic mass is 16.5. The molecule has 39 heavy (non-hydrogen) atoms. The third-order valence-corrected chi connectivity index (χ3v) is 7.19. The lowest BCUT2D eigenvalue weighted by molar-refractivity contribution is -0.0328. The van der Waals surface area contributed by atoms with E-state index < -0.39 is 6.10 Å². The van der Waals surface area contributed by atoms with Crippen molar-refractivity contribution in [2.45, 2.75) is 31.2 Å². The van der Waals surface area contributed by atoms with Crippen LogP contribution in [0.1, 0.15) is 23.5 Å². The molecule has 208 valence electrons. The minimum absolute atomic E-state index is 0.202. The molecule has 3 atom stereocenters. The number of β-amino-alcohol motifs (C(OH)–C–C–N with tert-alkyl or cyclic N) is 1. The molecule has 9 heteroatoms. The summed E-state index contributed by atoms with van der Waals surface area (Å²) in [5.41, 5.74) is 3.09. The molecule has 0 radical (unpaired) electrons. The molecule has 3 aromatic carbocycles. The highest BCUT2D eigenvalue weighted by Crippen LogP contribution is 2.35. The second-order valence-electron chi connectivity index (χ2n) is 9.91. The summed E-state index contributed by atoms with van der Waals surface area (Å²) in [7, 11) is 1.72. The first-order chi connectivity index (χ1) is 19.0. The molecule has 2 aliphatic heterocycles. The predicted octanol–water partition coefficient (Wildman–Crippen LogP) is 3.76. The summed E-state index contributed by atoms with van der Waals surface area (Å²) in [4.78, 5) is 2.33. The Hall–Kier alpha value is -3.50. The van der Waals surface area contributed by atoms with Crippen molar-refractivity contribution in [1.29, 1.82) is 0 Å². The fourth-order valence-electron chi connectivity index (χ4n) is 5.18. The lowest BCUT2D eigenvalue weighted by atomic mass is 9.85. The van der Waals surface area contributed by atoms with E-state index in [1.807, 2.05) is 36.4 Å². The Morgan fingerprint density at radius 1 is 0.974 bits per heavy atom. The van der Waals surface area contributed by atoms with Gasteiger partial charge in [0, 0.05) is 45.3 Å². The summed E-state index contributed by atoms with van der Waals surface area (Å²) in [6, 6.07) is 18.0. The number of methoxy groups -OCH3 is 1. The van der Waals surface area contributed by atoms with Crippen molar-refractivity contribution in [3.8, 4) is 28.7 Å². The van der Waals surface area contributed by atoms with Crippen molar-refractivity contribution in [2.75, 3.05) is 51.4 Å². The Balaban J connectivity index is 1.25. The van der Waals surface area contributed by atoms with Crippen molar-refractivity contribution in [2.24, 2.45) is 0 Å². The van der Waals surface area contributed by atoms with Gasteiger partial charge < -0.3 is 44.5 Å². The summed E-state index contributed by atoms with van der Waals surface area (Å²) in [6.07, 6.45) is 0.128. The summed E-state index contributed by atoms with van der Waals surface area (Å²) in [6.45, 7) is 4.68. The lowest BCUT2D eigenvalue weighted by Gasteiger charge is -2.36. The van der Waals surface area contributed by atoms with Gasteiger partial charge >= 0.3 is 0 Å². The molecule has 5 rings (SSSR count). The number of nitrogens with zero attached hydrogens (tertiary/aromatic N) is 1. The van der Waals surface area contributed by atoms with Gasteiger partial charge in [-0.3, -0.25) is 0 Å². The standard InChI is InChI=1S/C30H36N2O7/c1-36-13-2-11-32-12-14-37-28-10-3-20(15-24(28)32)19-38-29-18-31-17-27(35)30(29)21-4-6-22(7-5-21)39-23-8-9-25(33)26(34)16-23/h3-10,15-16,27,29-31,33-35H,2,11-14,17-19H2,1H3/t27-,29+,30+/m1/s1. The van der Waals surface area contributed by atoms with Crippen molar-refractivity contribution < 1.29 is 34.3 Å². The molecule has 9 nitrogen and oxygen atoms in total. The number of phenolic OH excluding ortho intramolecular Hbond substituents is 2. The highest BCUT2D eigenvalue weighted by Gasteiger charge is 2.34. The van der Waals surface area contributed by atoms with E-state index in [-0.39, 0.29) is 23.5 Å². The number of piperidine rings is 1. The number of anilines is 1. The number of nitrogens with one attached hydrogen (secondary N) is 1. The molecule has 4 N–H and O–H groups in total. The average molecular weight is 537 g/mol. The van der Waals surface area contributed by atoms with E-state index in [9.17, 15) is 15.3 Å². The van der Waals surface area contributed by atoms with Crippen LogP contribution in [0.5, 0.6) is 28.7 Å². The molecule has 3 aromatic rings. The Morgan fingerprint density at radius 3 is 2.59 bits per heavy atom. The summed E-state index contributed by atoms with van der Waals surface area (Å²) < 4.78 is 23.3. The van der Waals surface area contributed by atoms with Crippen LogP contribution < -0.4 is 19.7 Å². The first kappa shape index (κ1) is 27.1. The molecule has 1 saturated heterocycles. The van der Waals surface area contributed by atoms with Gasteiger partial charge in [0.05, 0.1) is 31.0 Å². The van der Waals surface area contributed by atoms with E-state index in [0.717, 1.165) is 48.7 Å². The van der Waals surface area contributed by atoms with Crippen molar-refractivity contribution in [3.05, 3.63) is 71.8 Å². The zero-order chi connectivity index (χ0) is 27.2. The van der Waals surface area contributed by atoms with E-state index in [2.05, 4.69) is 16.3 Å². The van der Waals surface area contributed by atoms with Gasteiger partial charge in [-0.15, -0.1) is 0 Å². The van der Waals surface area contributed by atoms with E-state index in [1.54, 1.807) is 13.2 Å². The van der Waals surface area contributed by atoms with Gasteiger partial charge in [0.15, 0.2) is 11.5 Å². The molecule has 0 saturated carbocycles. The Morgan fingerprint density at radius 2 is 1.79 bits per heavy atom. The monoisotopic (exact) mass is 536 g/mol.